The van der Waals surface area contributed by atoms with Gasteiger partial charge in [-0.3, -0.25) is 4.79 Å². The fraction of sp³-hybridized carbons (Fsp3) is 0.588. The van der Waals surface area contributed by atoms with E-state index in [1.807, 2.05) is 18.2 Å². The zero-order valence-electron chi connectivity index (χ0n) is 13.0. The first-order valence-electron chi connectivity index (χ1n) is 8.04. The lowest BCUT2D eigenvalue weighted by atomic mass is 9.71. The molecule has 3 rings (SSSR count). The third-order valence-electron chi connectivity index (χ3n) is 5.22. The number of likely N-dealkylation sites (tertiary alicyclic amines) is 1. The van der Waals surface area contributed by atoms with Crippen LogP contribution in [0.3, 0.4) is 0 Å². The first-order chi connectivity index (χ1) is 10.5. The Bertz CT molecular complexity index is 648. The number of carbonyl (C=O) groups excluding carboxylic acids is 1. The molecule has 2 aliphatic rings. The largest absolute Gasteiger partial charge is 0.340 e. The Kier molecular flexibility index (Phi) is 4.02. The van der Waals surface area contributed by atoms with Crippen molar-refractivity contribution in [1.29, 1.82) is 0 Å². The minimum atomic E-state index is -3.24. The predicted molar refractivity (Wildman–Crippen MR) is 86.4 cm³/mol. The topological polar surface area (TPSA) is 54.5 Å². The van der Waals surface area contributed by atoms with Gasteiger partial charge in [0.2, 0.25) is 5.91 Å². The van der Waals surface area contributed by atoms with Crippen LogP contribution in [0.4, 0.5) is 0 Å². The van der Waals surface area contributed by atoms with Gasteiger partial charge < -0.3 is 4.90 Å². The van der Waals surface area contributed by atoms with Crippen molar-refractivity contribution in [3.63, 3.8) is 0 Å². The number of sulfone groups is 1. The van der Waals surface area contributed by atoms with Gasteiger partial charge in [-0.25, -0.2) is 8.42 Å². The Morgan fingerprint density at radius 3 is 2.50 bits per heavy atom. The molecule has 4 nitrogen and oxygen atoms in total. The highest BCUT2D eigenvalue weighted by molar-refractivity contribution is 7.92. The van der Waals surface area contributed by atoms with Crippen LogP contribution in [-0.2, 0) is 20.0 Å². The fourth-order valence-electron chi connectivity index (χ4n) is 3.68. The molecule has 0 radical (unpaired) electrons. The van der Waals surface area contributed by atoms with Crippen molar-refractivity contribution in [2.45, 2.75) is 43.3 Å². The van der Waals surface area contributed by atoms with Crippen LogP contribution in [-0.4, -0.2) is 43.3 Å². The standard InChI is InChI=1S/C17H23NO3S/c1-2-17(14-8-4-3-5-9-14)12-18(13-17)16(19)15-10-6-7-11-22(15,20)21/h3-5,8-9,15H,2,6-7,10-13H2,1H3. The maximum atomic E-state index is 12.6. The molecule has 2 fully saturated rings. The second-order valence-electron chi connectivity index (χ2n) is 6.55. The van der Waals surface area contributed by atoms with Gasteiger partial charge >= 0.3 is 0 Å². The highest BCUT2D eigenvalue weighted by atomic mass is 32.2. The average molecular weight is 321 g/mol. The van der Waals surface area contributed by atoms with E-state index < -0.39 is 15.1 Å². The van der Waals surface area contributed by atoms with Crippen molar-refractivity contribution >= 4 is 15.7 Å². The van der Waals surface area contributed by atoms with Gasteiger partial charge in [0.1, 0.15) is 5.25 Å². The van der Waals surface area contributed by atoms with Crippen LogP contribution < -0.4 is 0 Å². The minimum absolute atomic E-state index is 0.00461. The summed E-state index contributed by atoms with van der Waals surface area (Å²) >= 11 is 0. The molecule has 22 heavy (non-hydrogen) atoms. The summed E-state index contributed by atoms with van der Waals surface area (Å²) in [6, 6.07) is 10.2. The monoisotopic (exact) mass is 321 g/mol. The summed E-state index contributed by atoms with van der Waals surface area (Å²) in [4.78, 5) is 14.3. The third-order valence-corrected chi connectivity index (χ3v) is 7.38. The summed E-state index contributed by atoms with van der Waals surface area (Å²) < 4.78 is 24.2. The molecule has 120 valence electrons. The maximum absolute atomic E-state index is 12.6. The van der Waals surface area contributed by atoms with Crippen LogP contribution in [0.5, 0.6) is 0 Å². The Balaban J connectivity index is 1.73. The van der Waals surface area contributed by atoms with E-state index in [1.54, 1.807) is 4.90 Å². The number of benzene rings is 1. The van der Waals surface area contributed by atoms with E-state index >= 15 is 0 Å². The van der Waals surface area contributed by atoms with Gasteiger partial charge in [-0.05, 0) is 24.8 Å². The summed E-state index contributed by atoms with van der Waals surface area (Å²) in [5.74, 6) is -0.0193. The lowest BCUT2D eigenvalue weighted by Gasteiger charge is -2.51. The molecule has 2 heterocycles. The fourth-order valence-corrected chi connectivity index (χ4v) is 5.55. The van der Waals surface area contributed by atoms with E-state index in [4.69, 9.17) is 0 Å². The summed E-state index contributed by atoms with van der Waals surface area (Å²) in [6.45, 7) is 3.41. The van der Waals surface area contributed by atoms with Crippen molar-refractivity contribution in [2.24, 2.45) is 0 Å². The molecular formula is C17H23NO3S. The van der Waals surface area contributed by atoms with Crippen LogP contribution in [0.15, 0.2) is 30.3 Å². The quantitative estimate of drug-likeness (QED) is 0.857. The number of nitrogens with zero attached hydrogens (tertiary/aromatic N) is 1. The number of hydrogen-bond donors (Lipinski definition) is 0. The van der Waals surface area contributed by atoms with Crippen molar-refractivity contribution in [3.8, 4) is 0 Å². The van der Waals surface area contributed by atoms with Crippen LogP contribution >= 0.6 is 0 Å². The van der Waals surface area contributed by atoms with E-state index in [2.05, 4.69) is 19.1 Å². The van der Waals surface area contributed by atoms with Crippen LogP contribution in [0, 0.1) is 0 Å². The molecule has 0 aliphatic carbocycles. The summed E-state index contributed by atoms with van der Waals surface area (Å²) in [5.41, 5.74) is 1.24. The Morgan fingerprint density at radius 2 is 1.91 bits per heavy atom. The lowest BCUT2D eigenvalue weighted by Crippen LogP contribution is -2.63. The number of carbonyl (C=O) groups is 1. The third kappa shape index (κ3) is 2.56. The molecule has 0 spiro atoms. The van der Waals surface area contributed by atoms with E-state index in [0.717, 1.165) is 12.8 Å². The smallest absolute Gasteiger partial charge is 0.240 e. The Labute approximate surface area is 132 Å². The van der Waals surface area contributed by atoms with Gasteiger partial charge in [0.05, 0.1) is 5.75 Å². The molecule has 1 aromatic rings. The Hall–Kier alpha value is -1.36. The predicted octanol–water partition coefficient (Wildman–Crippen LogP) is 2.14. The highest BCUT2D eigenvalue weighted by Gasteiger charge is 2.48. The van der Waals surface area contributed by atoms with E-state index in [9.17, 15) is 13.2 Å². The molecule has 2 saturated heterocycles. The normalized spacial score (nSPS) is 26.2. The molecule has 1 aromatic carbocycles. The molecule has 1 unspecified atom stereocenters. The molecule has 0 saturated carbocycles. The van der Waals surface area contributed by atoms with Gasteiger partial charge in [0.15, 0.2) is 9.84 Å². The molecule has 1 atom stereocenters. The van der Waals surface area contributed by atoms with Crippen molar-refractivity contribution < 1.29 is 13.2 Å². The van der Waals surface area contributed by atoms with Crippen LogP contribution in [0.2, 0.25) is 0 Å². The number of rotatable bonds is 3. The Morgan fingerprint density at radius 1 is 1.23 bits per heavy atom. The molecule has 2 aliphatic heterocycles. The molecule has 0 N–H and O–H groups in total. The molecule has 0 bridgehead atoms. The van der Waals surface area contributed by atoms with E-state index in [0.29, 0.717) is 25.9 Å². The second-order valence-corrected chi connectivity index (χ2v) is 8.85. The number of hydrogen-bond acceptors (Lipinski definition) is 3. The van der Waals surface area contributed by atoms with Gasteiger partial charge in [-0.15, -0.1) is 0 Å². The molecular weight excluding hydrogens is 298 g/mol. The van der Waals surface area contributed by atoms with E-state index in [1.165, 1.54) is 5.56 Å². The lowest BCUT2D eigenvalue weighted by molar-refractivity contribution is -0.139. The molecule has 0 aromatic heterocycles. The zero-order valence-corrected chi connectivity index (χ0v) is 13.8. The van der Waals surface area contributed by atoms with Gasteiger partial charge in [0.25, 0.3) is 0 Å². The first-order valence-corrected chi connectivity index (χ1v) is 9.76. The van der Waals surface area contributed by atoms with Crippen LogP contribution in [0.25, 0.3) is 0 Å². The van der Waals surface area contributed by atoms with Crippen molar-refractivity contribution in [2.75, 3.05) is 18.8 Å². The summed E-state index contributed by atoms with van der Waals surface area (Å²) in [6.07, 6.45) is 2.97. The second kappa shape index (κ2) is 5.69. The highest BCUT2D eigenvalue weighted by Crippen LogP contribution is 2.38. The van der Waals surface area contributed by atoms with Gasteiger partial charge in [-0.2, -0.15) is 0 Å². The minimum Gasteiger partial charge on any atom is -0.340 e. The van der Waals surface area contributed by atoms with Gasteiger partial charge in [-0.1, -0.05) is 43.7 Å². The van der Waals surface area contributed by atoms with Gasteiger partial charge in [0, 0.05) is 18.5 Å². The maximum Gasteiger partial charge on any atom is 0.240 e. The van der Waals surface area contributed by atoms with Crippen molar-refractivity contribution in [1.82, 2.24) is 4.90 Å². The molecule has 1 amide bonds. The SMILES string of the molecule is CCC1(c2ccccc2)CN(C(=O)C2CCCCS2(=O)=O)C1. The molecule has 5 heteroatoms. The average Bonchev–Trinajstić information content (AvgIpc) is 2.47. The van der Waals surface area contributed by atoms with Crippen LogP contribution in [0.1, 0.15) is 38.2 Å². The number of amides is 1. The summed E-state index contributed by atoms with van der Waals surface area (Å²) in [5, 5.41) is -0.799. The zero-order chi connectivity index (χ0) is 15.8. The van der Waals surface area contributed by atoms with E-state index in [-0.39, 0.29) is 17.1 Å². The first kappa shape index (κ1) is 15.5. The van der Waals surface area contributed by atoms with Crippen molar-refractivity contribution in [3.05, 3.63) is 35.9 Å². The summed E-state index contributed by atoms with van der Waals surface area (Å²) in [7, 11) is -3.24.